The maximum absolute atomic E-state index is 6.10. The van der Waals surface area contributed by atoms with Gasteiger partial charge in [-0.3, -0.25) is 4.90 Å². The molecule has 0 N–H and O–H groups in total. The molecule has 0 aliphatic carbocycles. The van der Waals surface area contributed by atoms with Gasteiger partial charge in [0.25, 0.3) is 0 Å². The van der Waals surface area contributed by atoms with Crippen molar-refractivity contribution in [1.82, 2.24) is 9.63 Å². The molecule has 1 saturated heterocycles. The summed E-state index contributed by atoms with van der Waals surface area (Å²) in [5, 5.41) is 1.41. The number of fused-ring (bicyclic) bond motifs is 3. The first-order valence-electron chi connectivity index (χ1n) is 7.43. The Labute approximate surface area is 112 Å². The highest BCUT2D eigenvalue weighted by Gasteiger charge is 2.43. The van der Waals surface area contributed by atoms with Crippen molar-refractivity contribution in [3.05, 3.63) is 35.5 Å². The van der Waals surface area contributed by atoms with Crippen LogP contribution in [-0.2, 0) is 6.42 Å². The van der Waals surface area contributed by atoms with Crippen LogP contribution < -0.4 is 4.84 Å². The first kappa shape index (κ1) is 10.3. The van der Waals surface area contributed by atoms with Gasteiger partial charge in [0.2, 0.25) is 0 Å². The highest BCUT2D eigenvalue weighted by molar-refractivity contribution is 5.86. The average molecular weight is 254 g/mol. The van der Waals surface area contributed by atoms with Crippen LogP contribution in [-0.4, -0.2) is 29.3 Å². The highest BCUT2D eigenvalue weighted by atomic mass is 16.7. The normalized spacial score (nSPS) is 29.1. The molecule has 0 spiro atoms. The minimum atomic E-state index is 0.610. The summed E-state index contributed by atoms with van der Waals surface area (Å²) in [6.07, 6.45) is 3.83. The third-order valence-corrected chi connectivity index (χ3v) is 5.18. The molecule has 1 fully saturated rings. The van der Waals surface area contributed by atoms with E-state index in [1.807, 2.05) is 0 Å². The van der Waals surface area contributed by atoms with Gasteiger partial charge in [-0.15, -0.1) is 0 Å². The zero-order valence-corrected chi connectivity index (χ0v) is 11.0. The summed E-state index contributed by atoms with van der Waals surface area (Å²) in [5.74, 6) is 0.699. The lowest BCUT2D eigenvalue weighted by molar-refractivity contribution is -0.0361. The molecule has 98 valence electrons. The minimum Gasteiger partial charge on any atom is -0.413 e. The Hall–Kier alpha value is -1.48. The Morgan fingerprint density at radius 2 is 2.11 bits per heavy atom. The van der Waals surface area contributed by atoms with Crippen LogP contribution in [0.5, 0.6) is 0 Å². The Morgan fingerprint density at radius 3 is 3.11 bits per heavy atom. The fourth-order valence-electron chi connectivity index (χ4n) is 4.40. The SMILES string of the molecule is c1ccc2c(c1)c1c3n2OCC2CCCN(CC1)C32. The Balaban J connectivity index is 1.83. The largest absolute Gasteiger partial charge is 0.413 e. The lowest BCUT2D eigenvalue weighted by Gasteiger charge is -2.46. The number of nitrogens with zero attached hydrogens (tertiary/aromatic N) is 2. The number of para-hydroxylation sites is 1. The van der Waals surface area contributed by atoms with Crippen LogP contribution in [0.1, 0.15) is 30.1 Å². The molecular weight excluding hydrogens is 236 g/mol. The second kappa shape index (κ2) is 3.54. The summed E-state index contributed by atoms with van der Waals surface area (Å²) in [4.78, 5) is 8.79. The first-order valence-corrected chi connectivity index (χ1v) is 7.43. The van der Waals surface area contributed by atoms with Crippen molar-refractivity contribution < 1.29 is 4.84 Å². The van der Waals surface area contributed by atoms with Crippen molar-refractivity contribution in [2.75, 3.05) is 19.7 Å². The fourth-order valence-corrected chi connectivity index (χ4v) is 4.40. The van der Waals surface area contributed by atoms with E-state index in [2.05, 4.69) is 33.9 Å². The molecule has 3 aliphatic rings. The molecule has 19 heavy (non-hydrogen) atoms. The van der Waals surface area contributed by atoms with Gasteiger partial charge in [-0.2, -0.15) is 4.73 Å². The number of aromatic nitrogens is 1. The average Bonchev–Trinajstić information content (AvgIpc) is 2.81. The van der Waals surface area contributed by atoms with Crippen LogP contribution in [0.15, 0.2) is 24.3 Å². The highest BCUT2D eigenvalue weighted by Crippen LogP contribution is 2.45. The van der Waals surface area contributed by atoms with Gasteiger partial charge in [0.1, 0.15) is 6.61 Å². The van der Waals surface area contributed by atoms with E-state index in [1.165, 1.54) is 48.9 Å². The molecule has 1 aromatic carbocycles. The maximum Gasteiger partial charge on any atom is 0.119 e. The minimum absolute atomic E-state index is 0.610. The van der Waals surface area contributed by atoms with Gasteiger partial charge < -0.3 is 4.84 Å². The lowest BCUT2D eigenvalue weighted by Crippen LogP contribution is -2.49. The predicted octanol–water partition coefficient (Wildman–Crippen LogP) is 2.39. The summed E-state index contributed by atoms with van der Waals surface area (Å²) in [6, 6.07) is 9.33. The van der Waals surface area contributed by atoms with E-state index in [9.17, 15) is 0 Å². The fraction of sp³-hybridized carbons (Fsp3) is 0.500. The zero-order chi connectivity index (χ0) is 12.4. The number of hydrogen-bond acceptors (Lipinski definition) is 2. The van der Waals surface area contributed by atoms with E-state index in [0.717, 1.165) is 6.61 Å². The number of hydrogen-bond donors (Lipinski definition) is 0. The van der Waals surface area contributed by atoms with Gasteiger partial charge in [0, 0.05) is 17.8 Å². The van der Waals surface area contributed by atoms with E-state index < -0.39 is 0 Å². The zero-order valence-electron chi connectivity index (χ0n) is 11.0. The van der Waals surface area contributed by atoms with Gasteiger partial charge >= 0.3 is 0 Å². The van der Waals surface area contributed by atoms with Crippen LogP contribution in [0.3, 0.4) is 0 Å². The van der Waals surface area contributed by atoms with Gasteiger partial charge in [-0.25, -0.2) is 0 Å². The molecule has 2 atom stereocenters. The molecule has 1 aromatic heterocycles. The summed E-state index contributed by atoms with van der Waals surface area (Å²) in [5.41, 5.74) is 4.27. The van der Waals surface area contributed by atoms with Crippen LogP contribution in [0.4, 0.5) is 0 Å². The summed E-state index contributed by atoms with van der Waals surface area (Å²) >= 11 is 0. The van der Waals surface area contributed by atoms with Crippen molar-refractivity contribution in [1.29, 1.82) is 0 Å². The molecule has 0 bridgehead atoms. The van der Waals surface area contributed by atoms with Crippen LogP contribution in [0.2, 0.25) is 0 Å². The quantitative estimate of drug-likeness (QED) is 0.718. The third kappa shape index (κ3) is 1.22. The molecule has 4 heterocycles. The monoisotopic (exact) mass is 254 g/mol. The van der Waals surface area contributed by atoms with Crippen molar-refractivity contribution in [3.8, 4) is 0 Å². The van der Waals surface area contributed by atoms with E-state index in [0.29, 0.717) is 12.0 Å². The van der Waals surface area contributed by atoms with Gasteiger partial charge in [0.05, 0.1) is 17.3 Å². The molecule has 2 aromatic rings. The van der Waals surface area contributed by atoms with Crippen LogP contribution in [0, 0.1) is 5.92 Å². The van der Waals surface area contributed by atoms with Gasteiger partial charge in [0.15, 0.2) is 0 Å². The summed E-state index contributed by atoms with van der Waals surface area (Å²) < 4.78 is 2.14. The second-order valence-electron chi connectivity index (χ2n) is 6.10. The first-order chi connectivity index (χ1) is 9.43. The van der Waals surface area contributed by atoms with E-state index >= 15 is 0 Å². The Morgan fingerprint density at radius 1 is 1.16 bits per heavy atom. The Bertz CT molecular complexity index is 607. The van der Waals surface area contributed by atoms with Crippen molar-refractivity contribution in [2.24, 2.45) is 5.92 Å². The van der Waals surface area contributed by atoms with Gasteiger partial charge in [-0.1, -0.05) is 18.2 Å². The van der Waals surface area contributed by atoms with E-state index in [1.54, 1.807) is 5.56 Å². The number of rotatable bonds is 0. The van der Waals surface area contributed by atoms with Crippen molar-refractivity contribution in [2.45, 2.75) is 25.3 Å². The lowest BCUT2D eigenvalue weighted by atomic mass is 9.82. The maximum atomic E-state index is 6.10. The summed E-state index contributed by atoms with van der Waals surface area (Å²) in [6.45, 7) is 3.37. The number of piperidine rings is 1. The number of benzene rings is 1. The second-order valence-corrected chi connectivity index (χ2v) is 6.10. The molecule has 3 heteroatoms. The predicted molar refractivity (Wildman–Crippen MR) is 74.1 cm³/mol. The van der Waals surface area contributed by atoms with Crippen molar-refractivity contribution in [3.63, 3.8) is 0 Å². The summed E-state index contributed by atoms with van der Waals surface area (Å²) in [7, 11) is 0. The molecule has 3 nitrogen and oxygen atoms in total. The van der Waals surface area contributed by atoms with Gasteiger partial charge in [-0.05, 0) is 37.4 Å². The molecule has 2 unspecified atom stereocenters. The standard InChI is InChI=1S/C16H18N2O/c1-2-6-14-12(5-1)13-7-9-17-8-3-4-11-10-19-18(14)16(13)15(11)17/h1-2,5-6,11,15H,3-4,7-10H2. The molecular formula is C16H18N2O. The van der Waals surface area contributed by atoms with Crippen LogP contribution >= 0.6 is 0 Å². The van der Waals surface area contributed by atoms with Crippen LogP contribution in [0.25, 0.3) is 10.9 Å². The smallest absolute Gasteiger partial charge is 0.119 e. The van der Waals surface area contributed by atoms with E-state index in [4.69, 9.17) is 4.84 Å². The molecule has 5 rings (SSSR count). The van der Waals surface area contributed by atoms with Crippen molar-refractivity contribution >= 4 is 10.9 Å². The molecule has 0 radical (unpaired) electrons. The topological polar surface area (TPSA) is 17.4 Å². The molecule has 3 aliphatic heterocycles. The molecule has 0 saturated carbocycles. The third-order valence-electron chi connectivity index (χ3n) is 5.18. The molecule has 0 amide bonds. The Kier molecular flexibility index (Phi) is 1.92. The van der Waals surface area contributed by atoms with E-state index in [-0.39, 0.29) is 0 Å².